The molecule has 0 atom stereocenters. The van der Waals surface area contributed by atoms with E-state index in [4.69, 9.17) is 19.6 Å². The monoisotopic (exact) mass is 603 g/mol. The Morgan fingerprint density at radius 3 is 2.22 bits per heavy atom. The molecule has 0 amide bonds. The van der Waals surface area contributed by atoms with Crippen LogP contribution in [0.3, 0.4) is 0 Å². The largest absolute Gasteiger partial charge is 0.379 e. The molecule has 0 radical (unpaired) electrons. The molecule has 0 saturated carbocycles. The summed E-state index contributed by atoms with van der Waals surface area (Å²) in [7, 11) is -8.71. The number of guanidine groups is 1. The van der Waals surface area contributed by atoms with E-state index in [1.54, 1.807) is 13.0 Å². The second-order valence-electron chi connectivity index (χ2n) is 9.21. The molecule has 41 heavy (non-hydrogen) atoms. The lowest BCUT2D eigenvalue weighted by Gasteiger charge is -2.35. The number of sulfonamides is 1. The number of nitrogens with two attached hydrogens (primary N) is 1. The molecule has 4 rings (SSSR count). The maximum absolute atomic E-state index is 13.6. The summed E-state index contributed by atoms with van der Waals surface area (Å²) < 4.78 is 60.7. The lowest BCUT2D eigenvalue weighted by atomic mass is 10.2. The van der Waals surface area contributed by atoms with Crippen LogP contribution < -0.4 is 25.1 Å². The summed E-state index contributed by atoms with van der Waals surface area (Å²) in [6, 6.07) is 19.5. The van der Waals surface area contributed by atoms with Crippen LogP contribution in [0.15, 0.2) is 87.7 Å². The van der Waals surface area contributed by atoms with E-state index in [-0.39, 0.29) is 35.4 Å². The summed E-state index contributed by atoms with van der Waals surface area (Å²) in [5.41, 5.74) is 9.69. The smallest absolute Gasteiger partial charge is 0.340 e. The zero-order chi connectivity index (χ0) is 29.5. The number of para-hydroxylation sites is 1. The van der Waals surface area contributed by atoms with Gasteiger partial charge in [-0.2, -0.15) is 12.7 Å². The molecule has 12 nitrogen and oxygen atoms in total. The van der Waals surface area contributed by atoms with E-state index in [9.17, 15) is 16.8 Å². The predicted octanol–water partition coefficient (Wildman–Crippen LogP) is 2.81. The highest BCUT2D eigenvalue weighted by Gasteiger charge is 2.34. The van der Waals surface area contributed by atoms with Crippen molar-refractivity contribution in [3.63, 3.8) is 0 Å². The predicted molar refractivity (Wildman–Crippen MR) is 154 cm³/mol. The Labute approximate surface area is 240 Å². The van der Waals surface area contributed by atoms with Gasteiger partial charge in [0.15, 0.2) is 5.75 Å². The highest BCUT2D eigenvalue weighted by Crippen LogP contribution is 2.30. The molecule has 14 heteroatoms. The summed E-state index contributed by atoms with van der Waals surface area (Å²) in [6.45, 7) is 5.38. The zero-order valence-corrected chi connectivity index (χ0v) is 24.4. The van der Waals surface area contributed by atoms with E-state index in [2.05, 4.69) is 15.5 Å². The van der Waals surface area contributed by atoms with Crippen molar-refractivity contribution < 1.29 is 30.7 Å². The van der Waals surface area contributed by atoms with Crippen molar-refractivity contribution in [3.8, 4) is 11.5 Å². The second kappa shape index (κ2) is 13.2. The van der Waals surface area contributed by atoms with Crippen LogP contribution in [0, 0.1) is 6.92 Å². The lowest BCUT2D eigenvalue weighted by molar-refractivity contribution is 0.0824. The van der Waals surface area contributed by atoms with Gasteiger partial charge in [-0.25, -0.2) is 13.9 Å². The minimum atomic E-state index is -4.56. The lowest BCUT2D eigenvalue weighted by Crippen LogP contribution is -2.48. The fourth-order valence-corrected chi connectivity index (χ4v) is 7.28. The molecule has 0 aromatic heterocycles. The zero-order valence-electron chi connectivity index (χ0n) is 22.8. The van der Waals surface area contributed by atoms with Crippen molar-refractivity contribution in [2.24, 2.45) is 10.9 Å². The first-order chi connectivity index (χ1) is 19.6. The molecule has 3 N–H and O–H groups in total. The molecule has 1 heterocycles. The number of hydrogen-bond donors (Lipinski definition) is 2. The number of nitrogens with one attached hydrogen (secondary N) is 1. The van der Waals surface area contributed by atoms with Crippen molar-refractivity contribution in [2.75, 3.05) is 37.7 Å². The number of hydroxylamine groups is 1. The van der Waals surface area contributed by atoms with Gasteiger partial charge in [0.25, 0.3) is 5.96 Å². The summed E-state index contributed by atoms with van der Waals surface area (Å²) in [4.78, 5) is 11.6. The van der Waals surface area contributed by atoms with Crippen molar-refractivity contribution in [1.82, 2.24) is 9.79 Å². The standard InChI is InChI=1S/C27H33N5O7S2/c1-3-17-37-29-27(28)30-38-23-18-21(2)19-24(20-23)39-41(35,36)26-12-8-7-11-25(26)40(33,34)32-15-13-31(14-16-32)22-9-5-4-6-10-22/h4-12,18-20H,3,13-17H2,1-2H3,(H3,28,29,30). The van der Waals surface area contributed by atoms with Gasteiger partial charge in [-0.3, -0.25) is 4.84 Å². The first-order valence-corrected chi connectivity index (χ1v) is 15.8. The molecule has 220 valence electrons. The SMILES string of the molecule is CCCONC(N)=NOc1cc(C)cc(OS(=O)(=O)c2ccccc2S(=O)(=O)N2CCN(c3ccccc3)CC2)c1. The minimum absolute atomic E-state index is 0.0901. The van der Waals surface area contributed by atoms with Gasteiger partial charge < -0.3 is 19.7 Å². The van der Waals surface area contributed by atoms with E-state index >= 15 is 0 Å². The maximum atomic E-state index is 13.6. The number of nitrogens with zero attached hydrogens (tertiary/aromatic N) is 3. The van der Waals surface area contributed by atoms with E-state index in [1.165, 1.54) is 40.7 Å². The van der Waals surface area contributed by atoms with Crippen LogP contribution in [-0.2, 0) is 25.0 Å². The topological polar surface area (TPSA) is 153 Å². The van der Waals surface area contributed by atoms with Gasteiger partial charge in [0.1, 0.15) is 15.5 Å². The van der Waals surface area contributed by atoms with Crippen LogP contribution in [0.5, 0.6) is 11.5 Å². The molecule has 0 unspecified atom stereocenters. The van der Waals surface area contributed by atoms with Crippen LogP contribution in [0.25, 0.3) is 0 Å². The third-order valence-electron chi connectivity index (χ3n) is 6.06. The van der Waals surface area contributed by atoms with Crippen molar-refractivity contribution in [2.45, 2.75) is 30.1 Å². The quantitative estimate of drug-likeness (QED) is 0.110. The van der Waals surface area contributed by atoms with E-state index in [1.807, 2.05) is 37.3 Å². The number of piperazine rings is 1. The fourth-order valence-electron chi connectivity index (χ4n) is 4.17. The normalized spacial score (nSPS) is 15.0. The van der Waals surface area contributed by atoms with Gasteiger partial charge in [0.05, 0.1) is 6.61 Å². The number of hydrogen-bond acceptors (Lipinski definition) is 9. The molecular weight excluding hydrogens is 570 g/mol. The van der Waals surface area contributed by atoms with Gasteiger partial charge in [-0.15, -0.1) is 0 Å². The average Bonchev–Trinajstić information content (AvgIpc) is 2.96. The summed E-state index contributed by atoms with van der Waals surface area (Å²) in [5.74, 6) is -0.0842. The molecule has 0 spiro atoms. The molecule has 3 aromatic rings. The van der Waals surface area contributed by atoms with E-state index in [0.29, 0.717) is 25.3 Å². The van der Waals surface area contributed by atoms with Gasteiger partial charge in [0, 0.05) is 37.9 Å². The fraction of sp³-hybridized carbons (Fsp3) is 0.296. The molecule has 0 aliphatic carbocycles. The van der Waals surface area contributed by atoms with Crippen LogP contribution in [0.4, 0.5) is 5.69 Å². The second-order valence-corrected chi connectivity index (χ2v) is 12.6. The van der Waals surface area contributed by atoms with Crippen LogP contribution in [0.1, 0.15) is 18.9 Å². The highest BCUT2D eigenvalue weighted by molar-refractivity contribution is 7.91. The number of oxime groups is 1. The number of anilines is 1. The van der Waals surface area contributed by atoms with Gasteiger partial charge in [-0.1, -0.05) is 37.3 Å². The van der Waals surface area contributed by atoms with Crippen molar-refractivity contribution in [1.29, 1.82) is 0 Å². The van der Waals surface area contributed by atoms with E-state index in [0.717, 1.165) is 12.1 Å². The van der Waals surface area contributed by atoms with Gasteiger partial charge >= 0.3 is 10.1 Å². The first-order valence-electron chi connectivity index (χ1n) is 12.9. The Hall–Kier alpha value is -3.85. The van der Waals surface area contributed by atoms with Crippen molar-refractivity contribution in [3.05, 3.63) is 78.4 Å². The number of benzene rings is 3. The first kappa shape index (κ1) is 30.1. The maximum Gasteiger partial charge on any atom is 0.340 e. The van der Waals surface area contributed by atoms with E-state index < -0.39 is 25.0 Å². The Morgan fingerprint density at radius 2 is 1.54 bits per heavy atom. The minimum Gasteiger partial charge on any atom is -0.379 e. The van der Waals surface area contributed by atoms with Gasteiger partial charge in [-0.05, 0) is 60.5 Å². The number of aryl methyl sites for hydroxylation is 1. The molecule has 1 aliphatic heterocycles. The average molecular weight is 604 g/mol. The Bertz CT molecular complexity index is 1570. The Morgan fingerprint density at radius 1 is 0.902 bits per heavy atom. The van der Waals surface area contributed by atoms with Crippen molar-refractivity contribution >= 4 is 31.8 Å². The Kier molecular flexibility index (Phi) is 9.70. The third kappa shape index (κ3) is 7.67. The van der Waals surface area contributed by atoms with Crippen LogP contribution >= 0.6 is 0 Å². The number of rotatable bonds is 11. The molecule has 3 aromatic carbocycles. The molecular formula is C27H33N5O7S2. The molecule has 1 fully saturated rings. The van der Waals surface area contributed by atoms with Crippen LogP contribution in [0.2, 0.25) is 0 Å². The molecule has 1 aliphatic rings. The summed E-state index contributed by atoms with van der Waals surface area (Å²) >= 11 is 0. The summed E-state index contributed by atoms with van der Waals surface area (Å²) in [6.07, 6.45) is 0.767. The Balaban J connectivity index is 1.52. The third-order valence-corrected chi connectivity index (χ3v) is 9.45. The van der Waals surface area contributed by atoms with Gasteiger partial charge in [0.2, 0.25) is 10.0 Å². The summed E-state index contributed by atoms with van der Waals surface area (Å²) in [5, 5.41) is 3.69. The van der Waals surface area contributed by atoms with Crippen LogP contribution in [-0.4, -0.2) is 59.9 Å². The molecule has 0 bridgehead atoms. The highest BCUT2D eigenvalue weighted by atomic mass is 32.2. The molecule has 1 saturated heterocycles.